The summed E-state index contributed by atoms with van der Waals surface area (Å²) in [5.41, 5.74) is 6.80. The SMILES string of the molecule is CNS(=O)(=O)c1cc(NC(=O)C2COCC2N)ccc1C. The first-order valence-electron chi connectivity index (χ1n) is 6.53. The summed E-state index contributed by atoms with van der Waals surface area (Å²) in [6.45, 7) is 2.32. The number of hydrogen-bond donors (Lipinski definition) is 3. The number of hydrogen-bond acceptors (Lipinski definition) is 5. The summed E-state index contributed by atoms with van der Waals surface area (Å²) in [7, 11) is -2.23. The number of carbonyl (C=O) groups is 1. The molecule has 8 heteroatoms. The Labute approximate surface area is 123 Å². The number of nitrogens with one attached hydrogen (secondary N) is 2. The molecule has 0 aromatic heterocycles. The summed E-state index contributed by atoms with van der Waals surface area (Å²) in [6.07, 6.45) is 0. The van der Waals surface area contributed by atoms with Crippen LogP contribution >= 0.6 is 0 Å². The fourth-order valence-corrected chi connectivity index (χ4v) is 3.15. The molecule has 0 radical (unpaired) electrons. The Morgan fingerprint density at radius 2 is 2.10 bits per heavy atom. The molecule has 116 valence electrons. The van der Waals surface area contributed by atoms with Crippen molar-refractivity contribution in [1.82, 2.24) is 4.72 Å². The second-order valence-electron chi connectivity index (χ2n) is 4.98. The highest BCUT2D eigenvalue weighted by atomic mass is 32.2. The van der Waals surface area contributed by atoms with Crippen molar-refractivity contribution in [1.29, 1.82) is 0 Å². The average Bonchev–Trinajstić information content (AvgIpc) is 2.87. The van der Waals surface area contributed by atoms with Crippen LogP contribution in [0.5, 0.6) is 0 Å². The van der Waals surface area contributed by atoms with Gasteiger partial charge in [0.25, 0.3) is 0 Å². The van der Waals surface area contributed by atoms with E-state index >= 15 is 0 Å². The van der Waals surface area contributed by atoms with Crippen LogP contribution in [-0.2, 0) is 19.6 Å². The van der Waals surface area contributed by atoms with E-state index in [4.69, 9.17) is 10.5 Å². The van der Waals surface area contributed by atoms with Crippen LogP contribution in [-0.4, -0.2) is 40.6 Å². The third-order valence-electron chi connectivity index (χ3n) is 3.48. The zero-order valence-electron chi connectivity index (χ0n) is 11.9. The highest BCUT2D eigenvalue weighted by molar-refractivity contribution is 7.89. The Balaban J connectivity index is 2.22. The summed E-state index contributed by atoms with van der Waals surface area (Å²) in [5.74, 6) is -0.688. The monoisotopic (exact) mass is 313 g/mol. The molecule has 1 amide bonds. The first-order chi connectivity index (χ1) is 9.85. The minimum absolute atomic E-state index is 0.134. The summed E-state index contributed by atoms with van der Waals surface area (Å²) < 4.78 is 31.2. The first-order valence-corrected chi connectivity index (χ1v) is 8.02. The van der Waals surface area contributed by atoms with E-state index in [1.54, 1.807) is 19.1 Å². The van der Waals surface area contributed by atoms with Crippen molar-refractivity contribution in [3.8, 4) is 0 Å². The van der Waals surface area contributed by atoms with Crippen molar-refractivity contribution in [2.24, 2.45) is 11.7 Å². The van der Waals surface area contributed by atoms with Crippen LogP contribution in [0.2, 0.25) is 0 Å². The van der Waals surface area contributed by atoms with E-state index in [0.717, 1.165) is 0 Å². The lowest BCUT2D eigenvalue weighted by Gasteiger charge is -2.14. The molecule has 1 aliphatic rings. The summed E-state index contributed by atoms with van der Waals surface area (Å²) >= 11 is 0. The Kier molecular flexibility index (Phi) is 4.62. The van der Waals surface area contributed by atoms with Gasteiger partial charge in [0.1, 0.15) is 0 Å². The van der Waals surface area contributed by atoms with Gasteiger partial charge in [0.15, 0.2) is 0 Å². The van der Waals surface area contributed by atoms with E-state index in [1.165, 1.54) is 13.1 Å². The van der Waals surface area contributed by atoms with E-state index in [-0.39, 0.29) is 23.5 Å². The number of rotatable bonds is 4. The molecule has 2 unspecified atom stereocenters. The highest BCUT2D eigenvalue weighted by Crippen LogP contribution is 2.21. The molecule has 1 aliphatic heterocycles. The van der Waals surface area contributed by atoms with Gasteiger partial charge in [0.2, 0.25) is 15.9 Å². The molecule has 0 spiro atoms. The van der Waals surface area contributed by atoms with Gasteiger partial charge < -0.3 is 15.8 Å². The molecule has 0 bridgehead atoms. The Hall–Kier alpha value is -1.48. The molecule has 7 nitrogen and oxygen atoms in total. The lowest BCUT2D eigenvalue weighted by atomic mass is 10.0. The van der Waals surface area contributed by atoms with Crippen molar-refractivity contribution >= 4 is 21.6 Å². The van der Waals surface area contributed by atoms with Gasteiger partial charge in [-0.25, -0.2) is 13.1 Å². The number of aryl methyl sites for hydroxylation is 1. The van der Waals surface area contributed by atoms with Crippen molar-refractivity contribution in [2.45, 2.75) is 17.9 Å². The van der Waals surface area contributed by atoms with Gasteiger partial charge >= 0.3 is 0 Å². The zero-order valence-corrected chi connectivity index (χ0v) is 12.7. The molecule has 1 saturated heterocycles. The summed E-state index contributed by atoms with van der Waals surface area (Å²) in [6, 6.07) is 4.39. The third-order valence-corrected chi connectivity index (χ3v) is 5.03. The molecule has 1 aromatic rings. The van der Waals surface area contributed by atoms with Gasteiger partial charge in [-0.2, -0.15) is 0 Å². The average molecular weight is 313 g/mol. The fourth-order valence-electron chi connectivity index (χ4n) is 2.15. The third kappa shape index (κ3) is 3.41. The van der Waals surface area contributed by atoms with Crippen LogP contribution in [0.25, 0.3) is 0 Å². The van der Waals surface area contributed by atoms with E-state index in [2.05, 4.69) is 10.0 Å². The maximum absolute atomic E-state index is 12.1. The van der Waals surface area contributed by atoms with Gasteiger partial charge in [-0.3, -0.25) is 4.79 Å². The lowest BCUT2D eigenvalue weighted by Crippen LogP contribution is -2.37. The van der Waals surface area contributed by atoms with Crippen LogP contribution in [0.1, 0.15) is 5.56 Å². The normalized spacial score (nSPS) is 22.2. The topological polar surface area (TPSA) is 111 Å². The van der Waals surface area contributed by atoms with Crippen LogP contribution in [0.15, 0.2) is 23.1 Å². The van der Waals surface area contributed by atoms with Crippen molar-refractivity contribution < 1.29 is 17.9 Å². The molecule has 2 atom stereocenters. The molecule has 21 heavy (non-hydrogen) atoms. The molecule has 4 N–H and O–H groups in total. The number of nitrogens with two attached hydrogens (primary N) is 1. The molecular weight excluding hydrogens is 294 g/mol. The molecule has 0 aliphatic carbocycles. The number of sulfonamides is 1. The van der Waals surface area contributed by atoms with E-state index < -0.39 is 15.9 Å². The Bertz CT molecular complexity index is 645. The Morgan fingerprint density at radius 1 is 1.38 bits per heavy atom. The minimum atomic E-state index is -3.57. The van der Waals surface area contributed by atoms with Gasteiger partial charge in [-0.1, -0.05) is 6.07 Å². The van der Waals surface area contributed by atoms with Crippen LogP contribution in [0.3, 0.4) is 0 Å². The Morgan fingerprint density at radius 3 is 2.67 bits per heavy atom. The van der Waals surface area contributed by atoms with Crippen molar-refractivity contribution in [3.05, 3.63) is 23.8 Å². The number of carbonyl (C=O) groups excluding carboxylic acids is 1. The predicted octanol–water partition coefficient (Wildman–Crippen LogP) is -0.185. The van der Waals surface area contributed by atoms with Crippen LogP contribution < -0.4 is 15.8 Å². The second kappa shape index (κ2) is 6.10. The van der Waals surface area contributed by atoms with Crippen molar-refractivity contribution in [3.63, 3.8) is 0 Å². The van der Waals surface area contributed by atoms with Gasteiger partial charge in [-0.15, -0.1) is 0 Å². The molecule has 1 fully saturated rings. The zero-order chi connectivity index (χ0) is 15.6. The molecular formula is C13H19N3O4S. The van der Waals surface area contributed by atoms with Crippen molar-refractivity contribution in [2.75, 3.05) is 25.6 Å². The number of ether oxygens (including phenoxy) is 1. The summed E-state index contributed by atoms with van der Waals surface area (Å²) in [5, 5.41) is 2.69. The number of benzene rings is 1. The predicted molar refractivity (Wildman–Crippen MR) is 78.3 cm³/mol. The largest absolute Gasteiger partial charge is 0.379 e. The van der Waals surface area contributed by atoms with Crippen LogP contribution in [0.4, 0.5) is 5.69 Å². The molecule has 0 saturated carbocycles. The highest BCUT2D eigenvalue weighted by Gasteiger charge is 2.31. The number of anilines is 1. The molecule has 1 aromatic carbocycles. The minimum Gasteiger partial charge on any atom is -0.379 e. The van der Waals surface area contributed by atoms with E-state index in [9.17, 15) is 13.2 Å². The molecule has 2 rings (SSSR count). The molecule has 1 heterocycles. The summed E-state index contributed by atoms with van der Waals surface area (Å²) in [4.78, 5) is 12.2. The lowest BCUT2D eigenvalue weighted by molar-refractivity contribution is -0.120. The van der Waals surface area contributed by atoms with E-state index in [1.807, 2.05) is 0 Å². The van der Waals surface area contributed by atoms with Crippen LogP contribution in [0, 0.1) is 12.8 Å². The quantitative estimate of drug-likeness (QED) is 0.714. The van der Waals surface area contributed by atoms with Gasteiger partial charge in [0, 0.05) is 11.7 Å². The van der Waals surface area contributed by atoms with E-state index in [0.29, 0.717) is 17.9 Å². The van der Waals surface area contributed by atoms with Gasteiger partial charge in [0.05, 0.1) is 24.0 Å². The van der Waals surface area contributed by atoms with Gasteiger partial charge in [-0.05, 0) is 31.7 Å². The first kappa shape index (κ1) is 15.9. The maximum Gasteiger partial charge on any atom is 0.240 e. The standard InChI is InChI=1S/C13H19N3O4S/c1-8-3-4-9(5-12(8)21(18,19)15-2)16-13(17)10-6-20-7-11(10)14/h3-5,10-11,15H,6-7,14H2,1-2H3,(H,16,17). The number of amides is 1. The fraction of sp³-hybridized carbons (Fsp3) is 0.462. The maximum atomic E-state index is 12.1. The second-order valence-corrected chi connectivity index (χ2v) is 6.84. The smallest absolute Gasteiger partial charge is 0.240 e.